The van der Waals surface area contributed by atoms with Crippen molar-refractivity contribution >= 4 is 0 Å². The molecule has 1 aromatic rings. The number of unbranched alkanes of at least 4 members (excludes halogenated alkanes) is 3. The van der Waals surface area contributed by atoms with Crippen LogP contribution >= 0.6 is 0 Å². The molecule has 0 heterocycles. The van der Waals surface area contributed by atoms with E-state index in [1.54, 1.807) is 7.11 Å². The molecule has 1 aromatic carbocycles. The van der Waals surface area contributed by atoms with Crippen LogP contribution in [-0.2, 0) is 11.3 Å². The van der Waals surface area contributed by atoms with Gasteiger partial charge in [0.15, 0.2) is 0 Å². The topological polar surface area (TPSA) is 58.9 Å². The Kier molecular flexibility index (Phi) is 10.1. The van der Waals surface area contributed by atoms with Crippen molar-refractivity contribution in [3.05, 3.63) is 29.8 Å². The summed E-state index contributed by atoms with van der Waals surface area (Å²) in [6.45, 7) is 2.63. The van der Waals surface area contributed by atoms with Crippen LogP contribution in [0.25, 0.3) is 0 Å². The van der Waals surface area contributed by atoms with E-state index in [2.05, 4.69) is 18.8 Å². The number of benzene rings is 1. The fourth-order valence-corrected chi connectivity index (χ4v) is 1.99. The van der Waals surface area contributed by atoms with E-state index in [9.17, 15) is 10.2 Å². The fraction of sp³-hybridized carbons (Fsp3) is 0.579. The van der Waals surface area contributed by atoms with E-state index in [4.69, 9.17) is 9.47 Å². The van der Waals surface area contributed by atoms with Gasteiger partial charge in [0, 0.05) is 12.8 Å². The molecule has 0 aliphatic rings. The first-order chi connectivity index (χ1) is 11.2. The van der Waals surface area contributed by atoms with Crippen molar-refractivity contribution in [3.63, 3.8) is 0 Å². The van der Waals surface area contributed by atoms with Crippen molar-refractivity contribution in [2.75, 3.05) is 13.7 Å². The average molecular weight is 320 g/mol. The van der Waals surface area contributed by atoms with Crippen LogP contribution in [0, 0.1) is 11.8 Å². The van der Waals surface area contributed by atoms with Gasteiger partial charge in [-0.3, -0.25) is 0 Å². The lowest BCUT2D eigenvalue weighted by Crippen LogP contribution is -2.30. The van der Waals surface area contributed by atoms with E-state index in [1.807, 2.05) is 24.3 Å². The van der Waals surface area contributed by atoms with Crippen molar-refractivity contribution in [3.8, 4) is 17.6 Å². The molecule has 0 saturated carbocycles. The molecule has 23 heavy (non-hydrogen) atoms. The molecular formula is C19H28O4. The molecule has 0 saturated heterocycles. The number of ether oxygens (including phenoxy) is 2. The van der Waals surface area contributed by atoms with Gasteiger partial charge in [-0.05, 0) is 24.1 Å². The highest BCUT2D eigenvalue weighted by atomic mass is 16.5. The van der Waals surface area contributed by atoms with Gasteiger partial charge in [0.25, 0.3) is 0 Å². The molecule has 0 aliphatic heterocycles. The van der Waals surface area contributed by atoms with E-state index in [1.165, 1.54) is 12.8 Å². The molecule has 0 bridgehead atoms. The lowest BCUT2D eigenvalue weighted by atomic mass is 10.1. The molecule has 0 aliphatic carbocycles. The van der Waals surface area contributed by atoms with Crippen LogP contribution in [-0.4, -0.2) is 36.1 Å². The Morgan fingerprint density at radius 3 is 2.43 bits per heavy atom. The molecule has 128 valence electrons. The summed E-state index contributed by atoms with van der Waals surface area (Å²) in [5.41, 5.74) is 0.989. The van der Waals surface area contributed by atoms with Gasteiger partial charge in [-0.15, -0.1) is 11.8 Å². The van der Waals surface area contributed by atoms with Gasteiger partial charge in [0.05, 0.1) is 26.4 Å². The SMILES string of the molecule is CCCCCC#CC[C@@H](O)[C@@H](O)COCc1ccc(OC)cc1. The zero-order valence-corrected chi connectivity index (χ0v) is 14.1. The first-order valence-corrected chi connectivity index (χ1v) is 8.20. The summed E-state index contributed by atoms with van der Waals surface area (Å²) in [7, 11) is 1.62. The standard InChI is InChI=1S/C19H28O4/c1-3-4-5-6-7-8-9-18(20)19(21)15-23-14-16-10-12-17(22-2)13-11-16/h10-13,18-21H,3-6,9,14-15H2,1-2H3/t18-,19+/m1/s1. The number of hydrogen-bond donors (Lipinski definition) is 2. The molecule has 0 radical (unpaired) electrons. The molecule has 0 amide bonds. The Bertz CT molecular complexity index is 472. The van der Waals surface area contributed by atoms with E-state index < -0.39 is 12.2 Å². The predicted octanol–water partition coefficient (Wildman–Crippen LogP) is 2.91. The number of rotatable bonds is 10. The van der Waals surface area contributed by atoms with Gasteiger partial charge in [-0.2, -0.15) is 0 Å². The maximum Gasteiger partial charge on any atom is 0.118 e. The zero-order valence-electron chi connectivity index (χ0n) is 14.1. The van der Waals surface area contributed by atoms with Gasteiger partial charge < -0.3 is 19.7 Å². The molecule has 2 atom stereocenters. The Balaban J connectivity index is 2.20. The summed E-state index contributed by atoms with van der Waals surface area (Å²) in [6.07, 6.45) is 2.78. The number of aliphatic hydroxyl groups is 2. The van der Waals surface area contributed by atoms with Crippen LogP contribution in [0.2, 0.25) is 0 Å². The summed E-state index contributed by atoms with van der Waals surface area (Å²) >= 11 is 0. The molecule has 2 N–H and O–H groups in total. The number of methoxy groups -OCH3 is 1. The normalized spacial score (nSPS) is 13.0. The van der Waals surface area contributed by atoms with Gasteiger partial charge in [-0.25, -0.2) is 0 Å². The second-order valence-electron chi connectivity index (χ2n) is 5.51. The Hall–Kier alpha value is -1.54. The van der Waals surface area contributed by atoms with E-state index in [-0.39, 0.29) is 13.0 Å². The molecule has 0 spiro atoms. The average Bonchev–Trinajstić information content (AvgIpc) is 2.58. The van der Waals surface area contributed by atoms with E-state index in [0.717, 1.165) is 24.2 Å². The summed E-state index contributed by atoms with van der Waals surface area (Å²) in [6, 6.07) is 7.53. The largest absolute Gasteiger partial charge is 0.497 e. The zero-order chi connectivity index (χ0) is 16.9. The smallest absolute Gasteiger partial charge is 0.118 e. The van der Waals surface area contributed by atoms with Gasteiger partial charge >= 0.3 is 0 Å². The molecule has 4 heteroatoms. The highest BCUT2D eigenvalue weighted by Gasteiger charge is 2.15. The first-order valence-electron chi connectivity index (χ1n) is 8.20. The third-order valence-corrected chi connectivity index (χ3v) is 3.50. The van der Waals surface area contributed by atoms with E-state index >= 15 is 0 Å². The second-order valence-corrected chi connectivity index (χ2v) is 5.51. The maximum atomic E-state index is 9.86. The maximum absolute atomic E-state index is 9.86. The molecule has 4 nitrogen and oxygen atoms in total. The van der Waals surface area contributed by atoms with Crippen LogP contribution < -0.4 is 4.74 Å². The van der Waals surface area contributed by atoms with Gasteiger partial charge in [0.1, 0.15) is 11.9 Å². The Labute approximate surface area is 139 Å². The summed E-state index contributed by atoms with van der Waals surface area (Å²) in [5.74, 6) is 6.73. The van der Waals surface area contributed by atoms with Crippen LogP contribution in [0.1, 0.15) is 44.6 Å². The van der Waals surface area contributed by atoms with Crippen LogP contribution in [0.3, 0.4) is 0 Å². The predicted molar refractivity (Wildman–Crippen MR) is 91.2 cm³/mol. The molecule has 0 unspecified atom stereocenters. The Morgan fingerprint density at radius 2 is 1.78 bits per heavy atom. The lowest BCUT2D eigenvalue weighted by Gasteiger charge is -2.15. The summed E-state index contributed by atoms with van der Waals surface area (Å²) in [4.78, 5) is 0. The molecule has 0 aromatic heterocycles. The quantitative estimate of drug-likeness (QED) is 0.514. The van der Waals surface area contributed by atoms with Crippen LogP contribution in [0.4, 0.5) is 0 Å². The monoisotopic (exact) mass is 320 g/mol. The highest BCUT2D eigenvalue weighted by molar-refractivity contribution is 5.26. The summed E-state index contributed by atoms with van der Waals surface area (Å²) < 4.78 is 10.5. The Morgan fingerprint density at radius 1 is 1.04 bits per heavy atom. The summed E-state index contributed by atoms with van der Waals surface area (Å²) in [5, 5.41) is 19.7. The van der Waals surface area contributed by atoms with Gasteiger partial charge in [0.2, 0.25) is 0 Å². The van der Waals surface area contributed by atoms with Crippen molar-refractivity contribution in [1.82, 2.24) is 0 Å². The third-order valence-electron chi connectivity index (χ3n) is 3.50. The van der Waals surface area contributed by atoms with Crippen molar-refractivity contribution in [2.45, 2.75) is 57.8 Å². The van der Waals surface area contributed by atoms with Gasteiger partial charge in [-0.1, -0.05) is 31.9 Å². The minimum Gasteiger partial charge on any atom is -0.497 e. The van der Waals surface area contributed by atoms with Crippen LogP contribution in [0.5, 0.6) is 5.75 Å². The first kappa shape index (κ1) is 19.5. The number of hydrogen-bond acceptors (Lipinski definition) is 4. The fourth-order valence-electron chi connectivity index (χ4n) is 1.99. The molecular weight excluding hydrogens is 292 g/mol. The van der Waals surface area contributed by atoms with Crippen LogP contribution in [0.15, 0.2) is 24.3 Å². The molecule has 0 fully saturated rings. The highest BCUT2D eigenvalue weighted by Crippen LogP contribution is 2.12. The third kappa shape index (κ3) is 8.61. The van der Waals surface area contributed by atoms with Crippen molar-refractivity contribution in [1.29, 1.82) is 0 Å². The minimum atomic E-state index is -0.918. The second kappa shape index (κ2) is 12.0. The van der Waals surface area contributed by atoms with Crippen molar-refractivity contribution in [2.24, 2.45) is 0 Å². The molecule has 1 rings (SSSR count). The lowest BCUT2D eigenvalue weighted by molar-refractivity contribution is -0.0399. The number of aliphatic hydroxyl groups excluding tert-OH is 2. The van der Waals surface area contributed by atoms with Crippen molar-refractivity contribution < 1.29 is 19.7 Å². The van der Waals surface area contributed by atoms with E-state index in [0.29, 0.717) is 6.61 Å². The minimum absolute atomic E-state index is 0.0880.